The molecule has 0 spiro atoms. The van der Waals surface area contributed by atoms with Gasteiger partial charge in [0.1, 0.15) is 0 Å². The van der Waals surface area contributed by atoms with Gasteiger partial charge in [0.2, 0.25) is 0 Å². The highest BCUT2D eigenvalue weighted by Gasteiger charge is 2.35. The van der Waals surface area contributed by atoms with E-state index in [1.165, 1.54) is 0 Å². The van der Waals surface area contributed by atoms with Gasteiger partial charge in [-0.1, -0.05) is 27.7 Å². The molecule has 0 aliphatic carbocycles. The Bertz CT molecular complexity index is 406. The van der Waals surface area contributed by atoms with E-state index in [1.54, 1.807) is 4.31 Å². The molecule has 3 atom stereocenters. The lowest BCUT2D eigenvalue weighted by Crippen LogP contribution is -2.58. The molecule has 0 amide bonds. The number of nitrogens with one attached hydrogen (secondary N) is 1. The summed E-state index contributed by atoms with van der Waals surface area (Å²) in [6, 6.07) is 0. The summed E-state index contributed by atoms with van der Waals surface area (Å²) in [5.41, 5.74) is 5.23. The molecule has 1 heterocycles. The Morgan fingerprint density at radius 3 is 2.14 bits per heavy atom. The zero-order chi connectivity index (χ0) is 15.6. The molecule has 3 unspecified atom stereocenters. The van der Waals surface area contributed by atoms with Crippen LogP contribution in [0.2, 0.25) is 0 Å². The van der Waals surface area contributed by atoms with Gasteiger partial charge >= 0.3 is 0 Å². The minimum atomic E-state index is -3.46. The Balaban J connectivity index is 0.00000400. The molecule has 7 heteroatoms. The maximum absolute atomic E-state index is 12.6. The van der Waals surface area contributed by atoms with Crippen LogP contribution in [0.4, 0.5) is 0 Å². The molecule has 1 aliphatic heterocycles. The van der Waals surface area contributed by atoms with Gasteiger partial charge in [0.25, 0.3) is 10.2 Å². The molecule has 21 heavy (non-hydrogen) atoms. The molecule has 0 saturated carbocycles. The normalized spacial score (nSPS) is 27.2. The van der Waals surface area contributed by atoms with Gasteiger partial charge in [0.15, 0.2) is 0 Å². The molecular weight excluding hydrogens is 310 g/mol. The van der Waals surface area contributed by atoms with Crippen molar-refractivity contribution < 1.29 is 8.42 Å². The smallest absolute Gasteiger partial charge is 0.280 e. The first-order valence-corrected chi connectivity index (χ1v) is 9.01. The second kappa shape index (κ2) is 8.11. The van der Waals surface area contributed by atoms with Crippen molar-refractivity contribution in [3.8, 4) is 0 Å². The molecule has 0 bridgehead atoms. The van der Waals surface area contributed by atoms with Crippen molar-refractivity contribution >= 4 is 22.6 Å². The standard InChI is InChI=1S/C14H31N3O2S.ClH/c1-11(2)7-14(5,10-15)16-20(18,19)17-8-12(3)6-13(4)9-17;/h11-13,16H,6-10,15H2,1-5H3;1H. The number of nitrogens with two attached hydrogens (primary N) is 1. The fraction of sp³-hybridized carbons (Fsp3) is 1.00. The third kappa shape index (κ3) is 6.40. The number of nitrogens with zero attached hydrogens (tertiary/aromatic N) is 1. The Morgan fingerprint density at radius 2 is 1.76 bits per heavy atom. The predicted octanol–water partition coefficient (Wildman–Crippen LogP) is 1.98. The van der Waals surface area contributed by atoms with E-state index in [-0.39, 0.29) is 12.4 Å². The van der Waals surface area contributed by atoms with Crippen LogP contribution in [0.15, 0.2) is 0 Å². The summed E-state index contributed by atoms with van der Waals surface area (Å²) in [4.78, 5) is 0. The fourth-order valence-corrected chi connectivity index (χ4v) is 5.07. The molecule has 1 saturated heterocycles. The van der Waals surface area contributed by atoms with Crippen LogP contribution in [0.3, 0.4) is 0 Å². The first-order valence-electron chi connectivity index (χ1n) is 7.57. The molecule has 1 rings (SSSR count). The van der Waals surface area contributed by atoms with Gasteiger partial charge in [0.05, 0.1) is 0 Å². The summed E-state index contributed by atoms with van der Waals surface area (Å²) in [6.07, 6.45) is 1.83. The van der Waals surface area contributed by atoms with Crippen LogP contribution in [0.5, 0.6) is 0 Å². The Morgan fingerprint density at radius 1 is 1.29 bits per heavy atom. The van der Waals surface area contributed by atoms with Crippen LogP contribution >= 0.6 is 12.4 Å². The summed E-state index contributed by atoms with van der Waals surface area (Å²) in [5.74, 6) is 1.21. The van der Waals surface area contributed by atoms with E-state index < -0.39 is 15.7 Å². The van der Waals surface area contributed by atoms with Crippen LogP contribution in [-0.2, 0) is 10.2 Å². The molecular formula is C14H32ClN3O2S. The van der Waals surface area contributed by atoms with Gasteiger partial charge in [-0.05, 0) is 37.5 Å². The highest BCUT2D eigenvalue weighted by molar-refractivity contribution is 7.87. The number of hydrogen-bond acceptors (Lipinski definition) is 3. The Labute approximate surface area is 136 Å². The van der Waals surface area contributed by atoms with Crippen molar-refractivity contribution in [2.75, 3.05) is 19.6 Å². The molecule has 3 N–H and O–H groups in total. The van der Waals surface area contributed by atoms with E-state index in [1.807, 2.05) is 6.92 Å². The third-order valence-electron chi connectivity index (χ3n) is 3.86. The summed E-state index contributed by atoms with van der Waals surface area (Å²) >= 11 is 0. The highest BCUT2D eigenvalue weighted by atomic mass is 35.5. The summed E-state index contributed by atoms with van der Waals surface area (Å²) in [5, 5.41) is 0. The molecule has 0 radical (unpaired) electrons. The van der Waals surface area contributed by atoms with Crippen molar-refractivity contribution in [1.82, 2.24) is 9.03 Å². The average Bonchev–Trinajstić information content (AvgIpc) is 2.25. The van der Waals surface area contributed by atoms with Crippen molar-refractivity contribution in [1.29, 1.82) is 0 Å². The molecule has 1 fully saturated rings. The Hall–Kier alpha value is 0.120. The van der Waals surface area contributed by atoms with Crippen LogP contribution < -0.4 is 10.5 Å². The van der Waals surface area contributed by atoms with E-state index in [2.05, 4.69) is 32.4 Å². The predicted molar refractivity (Wildman–Crippen MR) is 90.7 cm³/mol. The lowest BCUT2D eigenvalue weighted by Gasteiger charge is -2.38. The molecule has 128 valence electrons. The average molecular weight is 342 g/mol. The van der Waals surface area contributed by atoms with E-state index in [0.29, 0.717) is 37.4 Å². The van der Waals surface area contributed by atoms with Gasteiger partial charge in [-0.3, -0.25) is 0 Å². The largest absolute Gasteiger partial charge is 0.329 e. The van der Waals surface area contributed by atoms with Gasteiger partial charge in [-0.15, -0.1) is 12.4 Å². The lowest BCUT2D eigenvalue weighted by molar-refractivity contribution is 0.215. The quantitative estimate of drug-likeness (QED) is 0.775. The SMILES string of the molecule is CC(C)CC(C)(CN)NS(=O)(=O)N1CC(C)CC(C)C1.Cl. The molecule has 0 aromatic carbocycles. The zero-order valence-electron chi connectivity index (χ0n) is 13.9. The van der Waals surface area contributed by atoms with Gasteiger partial charge in [0, 0.05) is 25.2 Å². The molecule has 0 aromatic heterocycles. The maximum Gasteiger partial charge on any atom is 0.280 e. The third-order valence-corrected chi connectivity index (χ3v) is 5.59. The summed E-state index contributed by atoms with van der Waals surface area (Å²) in [7, 11) is -3.46. The monoisotopic (exact) mass is 341 g/mol. The van der Waals surface area contributed by atoms with E-state index in [4.69, 9.17) is 5.73 Å². The molecule has 5 nitrogen and oxygen atoms in total. The number of piperidine rings is 1. The minimum Gasteiger partial charge on any atom is -0.329 e. The molecule has 1 aliphatic rings. The van der Waals surface area contributed by atoms with Crippen molar-refractivity contribution in [2.45, 2.75) is 53.0 Å². The minimum absolute atomic E-state index is 0. The Kier molecular flexibility index (Phi) is 8.15. The summed E-state index contributed by atoms with van der Waals surface area (Å²) < 4.78 is 29.6. The van der Waals surface area contributed by atoms with Gasteiger partial charge in [-0.2, -0.15) is 17.4 Å². The van der Waals surface area contributed by atoms with E-state index in [9.17, 15) is 8.42 Å². The zero-order valence-corrected chi connectivity index (χ0v) is 15.6. The lowest BCUT2D eigenvalue weighted by atomic mass is 9.92. The van der Waals surface area contributed by atoms with Crippen LogP contribution in [0, 0.1) is 17.8 Å². The first-order chi connectivity index (χ1) is 9.08. The number of hydrogen-bond donors (Lipinski definition) is 2. The van der Waals surface area contributed by atoms with Gasteiger partial charge in [-0.25, -0.2) is 0 Å². The number of rotatable bonds is 6. The maximum atomic E-state index is 12.6. The first kappa shape index (κ1) is 21.1. The van der Waals surface area contributed by atoms with Crippen molar-refractivity contribution in [3.63, 3.8) is 0 Å². The van der Waals surface area contributed by atoms with Crippen LogP contribution in [0.25, 0.3) is 0 Å². The second-order valence-corrected chi connectivity index (χ2v) is 8.90. The topological polar surface area (TPSA) is 75.4 Å². The van der Waals surface area contributed by atoms with Crippen LogP contribution in [-0.4, -0.2) is 37.9 Å². The van der Waals surface area contributed by atoms with E-state index >= 15 is 0 Å². The van der Waals surface area contributed by atoms with E-state index in [0.717, 1.165) is 12.8 Å². The van der Waals surface area contributed by atoms with Crippen molar-refractivity contribution in [2.24, 2.45) is 23.5 Å². The highest BCUT2D eigenvalue weighted by Crippen LogP contribution is 2.24. The summed E-state index contributed by atoms with van der Waals surface area (Å²) in [6.45, 7) is 11.8. The fourth-order valence-electron chi connectivity index (χ4n) is 3.25. The van der Waals surface area contributed by atoms with Gasteiger partial charge < -0.3 is 5.73 Å². The second-order valence-electron chi connectivity index (χ2n) is 7.23. The molecule has 0 aromatic rings. The number of halogens is 1. The van der Waals surface area contributed by atoms with Crippen molar-refractivity contribution in [3.05, 3.63) is 0 Å². The van der Waals surface area contributed by atoms with Crippen LogP contribution in [0.1, 0.15) is 47.5 Å².